The van der Waals surface area contributed by atoms with Crippen LogP contribution in [0.3, 0.4) is 0 Å². The highest BCUT2D eigenvalue weighted by molar-refractivity contribution is 5.96. The first kappa shape index (κ1) is 20.4. The number of amides is 1. The van der Waals surface area contributed by atoms with Gasteiger partial charge in [0.15, 0.2) is 11.5 Å². The molecule has 0 radical (unpaired) electrons. The highest BCUT2D eigenvalue weighted by Gasteiger charge is 2.28. The summed E-state index contributed by atoms with van der Waals surface area (Å²) in [6, 6.07) is 3.62. The first-order valence-corrected chi connectivity index (χ1v) is 7.97. The maximum Gasteiger partial charge on any atom is 0.254 e. The second-order valence-electron chi connectivity index (χ2n) is 5.64. The first-order valence-electron chi connectivity index (χ1n) is 7.97. The highest BCUT2D eigenvalue weighted by atomic mass is 35.5. The monoisotopic (exact) mass is 358 g/mol. The van der Waals surface area contributed by atoms with Gasteiger partial charge in [-0.2, -0.15) is 0 Å². The van der Waals surface area contributed by atoms with Gasteiger partial charge >= 0.3 is 0 Å². The topological polar surface area (TPSA) is 74.0 Å². The average Bonchev–Trinajstić information content (AvgIpc) is 2.60. The van der Waals surface area contributed by atoms with Crippen molar-refractivity contribution in [3.8, 4) is 17.2 Å². The number of benzene rings is 1. The number of carbonyl (C=O) groups excluding carboxylic acids is 1. The molecule has 1 aromatic rings. The van der Waals surface area contributed by atoms with Crippen LogP contribution in [-0.2, 0) is 0 Å². The Hall–Kier alpha value is -1.66. The van der Waals surface area contributed by atoms with Crippen molar-refractivity contribution in [1.29, 1.82) is 0 Å². The Balaban J connectivity index is 0.00000288. The van der Waals surface area contributed by atoms with Crippen LogP contribution >= 0.6 is 12.4 Å². The zero-order valence-corrected chi connectivity index (χ0v) is 15.4. The number of piperidine rings is 1. The smallest absolute Gasteiger partial charge is 0.254 e. The first-order chi connectivity index (χ1) is 11.2. The molecule has 1 heterocycles. The SMILES string of the molecule is COc1cc(C(=O)N2CCCCC2CCN)cc(OC)c1OC.Cl. The van der Waals surface area contributed by atoms with E-state index in [2.05, 4.69) is 0 Å². The number of hydrogen-bond acceptors (Lipinski definition) is 5. The Morgan fingerprint density at radius 2 is 1.79 bits per heavy atom. The van der Waals surface area contributed by atoms with Crippen LogP contribution in [0.25, 0.3) is 0 Å². The summed E-state index contributed by atoms with van der Waals surface area (Å²) in [6.45, 7) is 1.35. The molecular formula is C17H27ClN2O4. The molecule has 1 unspecified atom stereocenters. The molecule has 2 rings (SSSR count). The van der Waals surface area contributed by atoms with E-state index in [4.69, 9.17) is 19.9 Å². The van der Waals surface area contributed by atoms with Gasteiger partial charge in [-0.25, -0.2) is 0 Å². The van der Waals surface area contributed by atoms with Gasteiger partial charge in [-0.15, -0.1) is 12.4 Å². The van der Waals surface area contributed by atoms with E-state index in [0.29, 0.717) is 29.4 Å². The molecule has 0 aliphatic carbocycles. The van der Waals surface area contributed by atoms with Crippen LogP contribution in [0.1, 0.15) is 36.0 Å². The number of ether oxygens (including phenoxy) is 3. The number of nitrogens with zero attached hydrogens (tertiary/aromatic N) is 1. The van der Waals surface area contributed by atoms with Crippen molar-refractivity contribution < 1.29 is 19.0 Å². The summed E-state index contributed by atoms with van der Waals surface area (Å²) in [5.41, 5.74) is 6.24. The van der Waals surface area contributed by atoms with Crippen LogP contribution in [0, 0.1) is 0 Å². The Morgan fingerprint density at radius 1 is 1.17 bits per heavy atom. The van der Waals surface area contributed by atoms with Crippen LogP contribution < -0.4 is 19.9 Å². The lowest BCUT2D eigenvalue weighted by atomic mass is 9.98. The molecule has 6 nitrogen and oxygen atoms in total. The van der Waals surface area contributed by atoms with Crippen molar-refractivity contribution in [3.63, 3.8) is 0 Å². The van der Waals surface area contributed by atoms with Crippen LogP contribution in [0.4, 0.5) is 0 Å². The zero-order chi connectivity index (χ0) is 16.8. The molecular weight excluding hydrogens is 332 g/mol. The minimum atomic E-state index is -0.0117. The van der Waals surface area contributed by atoms with Crippen molar-refractivity contribution in [2.24, 2.45) is 5.73 Å². The second kappa shape index (κ2) is 9.59. The van der Waals surface area contributed by atoms with Crippen LogP contribution in [0.15, 0.2) is 12.1 Å². The number of likely N-dealkylation sites (tertiary alicyclic amines) is 1. The predicted molar refractivity (Wildman–Crippen MR) is 95.7 cm³/mol. The molecule has 136 valence electrons. The summed E-state index contributed by atoms with van der Waals surface area (Å²) in [4.78, 5) is 14.9. The second-order valence-corrected chi connectivity index (χ2v) is 5.64. The number of hydrogen-bond donors (Lipinski definition) is 1. The van der Waals surface area contributed by atoms with Gasteiger partial charge in [0.1, 0.15) is 0 Å². The van der Waals surface area contributed by atoms with Crippen molar-refractivity contribution in [2.75, 3.05) is 34.4 Å². The molecule has 1 fully saturated rings. The molecule has 2 N–H and O–H groups in total. The quantitative estimate of drug-likeness (QED) is 0.845. The van der Waals surface area contributed by atoms with Gasteiger partial charge in [0, 0.05) is 18.2 Å². The number of nitrogens with two attached hydrogens (primary N) is 1. The summed E-state index contributed by atoms with van der Waals surface area (Å²) >= 11 is 0. The molecule has 24 heavy (non-hydrogen) atoms. The summed E-state index contributed by atoms with van der Waals surface area (Å²) in [5, 5.41) is 0. The lowest BCUT2D eigenvalue weighted by molar-refractivity contribution is 0.0604. The highest BCUT2D eigenvalue weighted by Crippen LogP contribution is 2.38. The van der Waals surface area contributed by atoms with Gasteiger partial charge in [0.25, 0.3) is 5.91 Å². The van der Waals surface area contributed by atoms with Gasteiger partial charge in [0.05, 0.1) is 21.3 Å². The van der Waals surface area contributed by atoms with E-state index >= 15 is 0 Å². The lowest BCUT2D eigenvalue weighted by Crippen LogP contribution is -2.44. The van der Waals surface area contributed by atoms with E-state index in [1.165, 1.54) is 0 Å². The molecule has 7 heteroatoms. The normalized spacial score (nSPS) is 17.0. The van der Waals surface area contributed by atoms with Crippen LogP contribution in [-0.4, -0.2) is 51.3 Å². The fraction of sp³-hybridized carbons (Fsp3) is 0.588. The van der Waals surface area contributed by atoms with Gasteiger partial charge < -0.3 is 24.8 Å². The van der Waals surface area contributed by atoms with E-state index < -0.39 is 0 Å². The van der Waals surface area contributed by atoms with Gasteiger partial charge in [-0.1, -0.05) is 0 Å². The number of rotatable bonds is 6. The fourth-order valence-corrected chi connectivity index (χ4v) is 3.13. The van der Waals surface area contributed by atoms with Crippen molar-refractivity contribution in [3.05, 3.63) is 17.7 Å². The Morgan fingerprint density at radius 3 is 2.29 bits per heavy atom. The van der Waals surface area contributed by atoms with Gasteiger partial charge in [-0.3, -0.25) is 4.79 Å². The minimum absolute atomic E-state index is 0. The summed E-state index contributed by atoms with van der Waals surface area (Å²) in [6.07, 6.45) is 4.00. The summed E-state index contributed by atoms with van der Waals surface area (Å²) in [5.74, 6) is 1.45. The zero-order valence-electron chi connectivity index (χ0n) is 14.5. The maximum absolute atomic E-state index is 13.0. The van der Waals surface area contributed by atoms with E-state index in [9.17, 15) is 4.79 Å². The fourth-order valence-electron chi connectivity index (χ4n) is 3.13. The third-order valence-electron chi connectivity index (χ3n) is 4.30. The average molecular weight is 359 g/mol. The Kier molecular flexibility index (Phi) is 8.15. The molecule has 0 spiro atoms. The number of carbonyl (C=O) groups is 1. The van der Waals surface area contributed by atoms with E-state index in [1.54, 1.807) is 33.5 Å². The standard InChI is InChI=1S/C17H26N2O4.ClH/c1-21-14-10-12(11-15(22-2)16(14)23-3)17(20)19-9-5-4-6-13(19)7-8-18;/h10-11,13H,4-9,18H2,1-3H3;1H. The number of methoxy groups -OCH3 is 3. The molecule has 1 atom stereocenters. The van der Waals surface area contributed by atoms with Gasteiger partial charge in [-0.05, 0) is 44.4 Å². The molecule has 0 bridgehead atoms. The van der Waals surface area contributed by atoms with E-state index in [1.807, 2.05) is 4.90 Å². The van der Waals surface area contributed by atoms with E-state index in [-0.39, 0.29) is 24.4 Å². The molecule has 1 saturated heterocycles. The number of halogens is 1. The summed E-state index contributed by atoms with van der Waals surface area (Å²) in [7, 11) is 4.64. The third kappa shape index (κ3) is 4.24. The third-order valence-corrected chi connectivity index (χ3v) is 4.30. The van der Waals surface area contributed by atoms with Crippen molar-refractivity contribution in [1.82, 2.24) is 4.90 Å². The molecule has 0 aromatic heterocycles. The van der Waals surface area contributed by atoms with E-state index in [0.717, 1.165) is 32.2 Å². The minimum Gasteiger partial charge on any atom is -0.493 e. The molecule has 1 amide bonds. The molecule has 1 aliphatic heterocycles. The molecule has 1 aromatic carbocycles. The largest absolute Gasteiger partial charge is 0.493 e. The van der Waals surface area contributed by atoms with Crippen molar-refractivity contribution in [2.45, 2.75) is 31.7 Å². The Bertz CT molecular complexity index is 526. The molecule has 1 aliphatic rings. The maximum atomic E-state index is 13.0. The van der Waals surface area contributed by atoms with Gasteiger partial charge in [0.2, 0.25) is 5.75 Å². The molecule has 0 saturated carbocycles. The van der Waals surface area contributed by atoms with Crippen molar-refractivity contribution >= 4 is 18.3 Å². The van der Waals surface area contributed by atoms with Crippen LogP contribution in [0.5, 0.6) is 17.2 Å². The Labute approximate surface area is 149 Å². The summed E-state index contributed by atoms with van der Waals surface area (Å²) < 4.78 is 16.0. The van der Waals surface area contributed by atoms with Crippen LogP contribution in [0.2, 0.25) is 0 Å². The lowest BCUT2D eigenvalue weighted by Gasteiger charge is -2.36. The predicted octanol–water partition coefficient (Wildman–Crippen LogP) is 2.48.